The molecule has 9 heteroatoms. The second-order valence-corrected chi connectivity index (χ2v) is 9.31. The zero-order chi connectivity index (χ0) is 19.4. The summed E-state index contributed by atoms with van der Waals surface area (Å²) in [6, 6.07) is 6.67. The molecule has 0 spiro atoms. The Morgan fingerprint density at radius 3 is 2.48 bits per heavy atom. The van der Waals surface area contributed by atoms with E-state index >= 15 is 0 Å². The lowest BCUT2D eigenvalue weighted by Crippen LogP contribution is -2.39. The van der Waals surface area contributed by atoms with Crippen LogP contribution in [0.15, 0.2) is 38.6 Å². The summed E-state index contributed by atoms with van der Waals surface area (Å²) in [6.07, 6.45) is 0.834. The largest absolute Gasteiger partial charge is 0.381 e. The Balaban J connectivity index is 0.00000676. The maximum absolute atomic E-state index is 12.3. The number of nitrogens with one attached hydrogen (secondary N) is 2. The molecule has 0 aromatic heterocycles. The number of guanidine groups is 1. The number of halogens is 2. The minimum absolute atomic E-state index is 0. The van der Waals surface area contributed by atoms with Gasteiger partial charge in [0.2, 0.25) is 0 Å². The fourth-order valence-electron chi connectivity index (χ4n) is 2.08. The number of ether oxygens (including phenoxy) is 1. The van der Waals surface area contributed by atoms with Gasteiger partial charge < -0.3 is 15.4 Å². The zero-order valence-corrected chi connectivity index (χ0v) is 20.9. The van der Waals surface area contributed by atoms with E-state index in [1.807, 2.05) is 6.92 Å². The lowest BCUT2D eigenvalue weighted by Gasteiger charge is -2.12. The van der Waals surface area contributed by atoms with Crippen molar-refractivity contribution in [2.24, 2.45) is 10.9 Å². The molecule has 0 amide bonds. The molecule has 1 rings (SSSR count). The lowest BCUT2D eigenvalue weighted by molar-refractivity contribution is 0.109. The molecule has 156 valence electrons. The van der Waals surface area contributed by atoms with Crippen LogP contribution >= 0.6 is 39.9 Å². The highest BCUT2D eigenvalue weighted by atomic mass is 127. The third-order valence-electron chi connectivity index (χ3n) is 3.35. The van der Waals surface area contributed by atoms with Crippen LogP contribution in [0.2, 0.25) is 0 Å². The molecule has 0 unspecified atom stereocenters. The van der Waals surface area contributed by atoms with Gasteiger partial charge in [-0.1, -0.05) is 29.8 Å². The van der Waals surface area contributed by atoms with E-state index < -0.39 is 9.84 Å². The minimum Gasteiger partial charge on any atom is -0.381 e. The van der Waals surface area contributed by atoms with Gasteiger partial charge in [0.05, 0.1) is 10.6 Å². The van der Waals surface area contributed by atoms with Crippen LogP contribution in [-0.2, 0) is 14.6 Å². The van der Waals surface area contributed by atoms with Gasteiger partial charge in [0.15, 0.2) is 15.8 Å². The van der Waals surface area contributed by atoms with E-state index in [2.05, 4.69) is 45.4 Å². The highest BCUT2D eigenvalue weighted by Gasteiger charge is 2.14. The second kappa shape index (κ2) is 14.6. The normalized spacial score (nSPS) is 12.0. The van der Waals surface area contributed by atoms with E-state index in [0.29, 0.717) is 36.5 Å². The smallest absolute Gasteiger partial charge is 0.191 e. The summed E-state index contributed by atoms with van der Waals surface area (Å²) < 4.78 is 31.1. The average Bonchev–Trinajstić information content (AvgIpc) is 2.58. The van der Waals surface area contributed by atoms with E-state index in [9.17, 15) is 8.42 Å². The first kappa shape index (κ1) is 26.6. The number of hydrogen-bond donors (Lipinski definition) is 2. The Kier molecular flexibility index (Phi) is 14.4. The number of aliphatic imine (C=N–C) groups is 1. The van der Waals surface area contributed by atoms with Crippen molar-refractivity contribution < 1.29 is 13.2 Å². The summed E-state index contributed by atoms with van der Waals surface area (Å²) >= 11 is 3.31. The third kappa shape index (κ3) is 11.9. The summed E-state index contributed by atoms with van der Waals surface area (Å²) in [5.74, 6) is 1.17. The molecule has 27 heavy (non-hydrogen) atoms. The van der Waals surface area contributed by atoms with Crippen molar-refractivity contribution in [3.8, 4) is 0 Å². The molecule has 2 N–H and O–H groups in total. The fourth-order valence-corrected chi connectivity index (χ4v) is 3.50. The molecule has 0 radical (unpaired) electrons. The van der Waals surface area contributed by atoms with E-state index in [-0.39, 0.29) is 29.7 Å². The Labute approximate surface area is 189 Å². The Morgan fingerprint density at radius 1 is 1.22 bits per heavy atom. The van der Waals surface area contributed by atoms with Crippen LogP contribution in [0.25, 0.3) is 0 Å². The molecule has 0 bridgehead atoms. The van der Waals surface area contributed by atoms with Gasteiger partial charge in [0, 0.05) is 37.3 Å². The van der Waals surface area contributed by atoms with Gasteiger partial charge in [0.1, 0.15) is 0 Å². The summed E-state index contributed by atoms with van der Waals surface area (Å²) in [4.78, 5) is 4.77. The molecule has 0 fully saturated rings. The monoisotopic (exact) mass is 575 g/mol. The predicted octanol–water partition coefficient (Wildman–Crippen LogP) is 3.46. The van der Waals surface area contributed by atoms with Crippen LogP contribution in [0.3, 0.4) is 0 Å². The summed E-state index contributed by atoms with van der Waals surface area (Å²) in [5.41, 5.74) is 0. The zero-order valence-electron chi connectivity index (χ0n) is 16.2. The summed E-state index contributed by atoms with van der Waals surface area (Å²) in [7, 11) is -3.31. The Morgan fingerprint density at radius 2 is 1.89 bits per heavy atom. The summed E-state index contributed by atoms with van der Waals surface area (Å²) in [6.45, 7) is 9.30. The van der Waals surface area contributed by atoms with Gasteiger partial charge in [-0.15, -0.1) is 24.0 Å². The average molecular weight is 576 g/mol. The van der Waals surface area contributed by atoms with Crippen LogP contribution < -0.4 is 10.6 Å². The van der Waals surface area contributed by atoms with E-state index in [1.165, 1.54) is 0 Å². The molecule has 6 nitrogen and oxygen atoms in total. The van der Waals surface area contributed by atoms with Crippen molar-refractivity contribution in [3.63, 3.8) is 0 Å². The van der Waals surface area contributed by atoms with E-state index in [1.54, 1.807) is 24.3 Å². The van der Waals surface area contributed by atoms with Gasteiger partial charge in [-0.2, -0.15) is 0 Å². The summed E-state index contributed by atoms with van der Waals surface area (Å²) in [5, 5.41) is 6.20. The van der Waals surface area contributed by atoms with Gasteiger partial charge in [-0.05, 0) is 43.5 Å². The van der Waals surface area contributed by atoms with Gasteiger partial charge in [-0.25, -0.2) is 8.42 Å². The van der Waals surface area contributed by atoms with Crippen molar-refractivity contribution >= 4 is 55.7 Å². The molecule has 0 saturated heterocycles. The van der Waals surface area contributed by atoms with Crippen molar-refractivity contribution in [1.29, 1.82) is 0 Å². The first-order valence-corrected chi connectivity index (χ1v) is 11.4. The maximum Gasteiger partial charge on any atom is 0.191 e. The first-order valence-electron chi connectivity index (χ1n) is 8.93. The quantitative estimate of drug-likeness (QED) is 0.183. The minimum atomic E-state index is -3.31. The number of benzene rings is 1. The number of nitrogens with zero attached hydrogens (tertiary/aromatic N) is 1. The molecule has 0 aliphatic carbocycles. The second-order valence-electron chi connectivity index (χ2n) is 6.28. The Bertz CT molecular complexity index is 652. The molecular weight excluding hydrogens is 545 g/mol. The molecule has 0 aliphatic heterocycles. The van der Waals surface area contributed by atoms with Crippen LogP contribution in [0, 0.1) is 5.92 Å². The van der Waals surface area contributed by atoms with Gasteiger partial charge in [0.25, 0.3) is 0 Å². The van der Waals surface area contributed by atoms with Crippen molar-refractivity contribution in [3.05, 3.63) is 28.7 Å². The topological polar surface area (TPSA) is 79.8 Å². The molecule has 0 atom stereocenters. The first-order chi connectivity index (χ1) is 12.3. The highest BCUT2D eigenvalue weighted by Crippen LogP contribution is 2.15. The third-order valence-corrected chi connectivity index (χ3v) is 5.61. The highest BCUT2D eigenvalue weighted by molar-refractivity contribution is 14.0. The van der Waals surface area contributed by atoms with Crippen molar-refractivity contribution in [2.45, 2.75) is 32.1 Å². The fraction of sp³-hybridized carbons (Fsp3) is 0.611. The lowest BCUT2D eigenvalue weighted by atomic mass is 10.2. The molecule has 1 aromatic carbocycles. The molecule has 1 aromatic rings. The van der Waals surface area contributed by atoms with Crippen molar-refractivity contribution in [2.75, 3.05) is 38.6 Å². The SMILES string of the molecule is CCNC(=NCCCOCC(C)C)NCCS(=O)(=O)c1ccc(Br)cc1.I. The molecular formula is C18H31BrIN3O3S. The van der Waals surface area contributed by atoms with Crippen LogP contribution in [0.5, 0.6) is 0 Å². The predicted molar refractivity (Wildman–Crippen MR) is 126 cm³/mol. The van der Waals surface area contributed by atoms with E-state index in [0.717, 1.165) is 24.0 Å². The Hall–Kier alpha value is -0.390. The van der Waals surface area contributed by atoms with Crippen LogP contribution in [0.4, 0.5) is 0 Å². The van der Waals surface area contributed by atoms with Crippen LogP contribution in [0.1, 0.15) is 27.2 Å². The standard InChI is InChI=1S/C18H30BrN3O3S.HI/c1-4-20-18(21-10-5-12-25-14-15(2)3)22-11-13-26(23,24)17-8-6-16(19)7-9-17;/h6-9,15H,4-5,10-14H2,1-3H3,(H2,20,21,22);1H. The van der Waals surface area contributed by atoms with Gasteiger partial charge >= 0.3 is 0 Å². The number of hydrogen-bond acceptors (Lipinski definition) is 4. The van der Waals surface area contributed by atoms with Crippen molar-refractivity contribution in [1.82, 2.24) is 10.6 Å². The molecule has 0 aliphatic rings. The molecule has 0 heterocycles. The van der Waals surface area contributed by atoms with Crippen LogP contribution in [-0.4, -0.2) is 53.0 Å². The molecule has 0 saturated carbocycles. The number of sulfone groups is 1. The number of rotatable bonds is 11. The van der Waals surface area contributed by atoms with Gasteiger partial charge in [-0.3, -0.25) is 4.99 Å². The maximum atomic E-state index is 12.3. The van der Waals surface area contributed by atoms with E-state index in [4.69, 9.17) is 4.74 Å².